The average Bonchev–Trinajstić information content (AvgIpc) is 2.56. The highest BCUT2D eigenvalue weighted by atomic mass is 35.5. The summed E-state index contributed by atoms with van der Waals surface area (Å²) in [4.78, 5) is 24.2. The van der Waals surface area contributed by atoms with Gasteiger partial charge in [-0.05, 0) is 55.7 Å². The molecule has 0 bridgehead atoms. The Morgan fingerprint density at radius 3 is 2.64 bits per heavy atom. The molecule has 1 heterocycles. The molecule has 1 aromatic heterocycles. The van der Waals surface area contributed by atoms with Crippen LogP contribution in [0.15, 0.2) is 45.6 Å². The van der Waals surface area contributed by atoms with Gasteiger partial charge in [-0.3, -0.25) is 0 Å². The lowest BCUT2D eigenvalue weighted by Crippen LogP contribution is -2.09. The highest BCUT2D eigenvalue weighted by molar-refractivity contribution is 6.32. The molecule has 0 aliphatic heterocycles. The Morgan fingerprint density at radius 2 is 1.88 bits per heavy atom. The molecule has 128 valence electrons. The number of hydrogen-bond donors (Lipinski definition) is 0. The van der Waals surface area contributed by atoms with Crippen molar-refractivity contribution in [2.24, 2.45) is 0 Å². The quantitative estimate of drug-likeness (QED) is 0.503. The number of carbonyl (C=O) groups is 1. The maximum Gasteiger partial charge on any atom is 0.338 e. The summed E-state index contributed by atoms with van der Waals surface area (Å²) in [6.45, 7) is 5.61. The second kappa shape index (κ2) is 6.73. The van der Waals surface area contributed by atoms with Crippen molar-refractivity contribution in [2.45, 2.75) is 27.4 Å². The molecule has 4 nitrogen and oxygen atoms in total. The van der Waals surface area contributed by atoms with Crippen LogP contribution in [0.4, 0.5) is 0 Å². The predicted octanol–water partition coefficient (Wildman–Crippen LogP) is 4.73. The van der Waals surface area contributed by atoms with Gasteiger partial charge in [-0.1, -0.05) is 23.7 Å². The largest absolute Gasteiger partial charge is 0.457 e. The van der Waals surface area contributed by atoms with Gasteiger partial charge in [0.05, 0.1) is 5.56 Å². The Hall–Kier alpha value is -2.59. The summed E-state index contributed by atoms with van der Waals surface area (Å²) in [5, 5.41) is 1.22. The zero-order valence-electron chi connectivity index (χ0n) is 14.2. The van der Waals surface area contributed by atoms with Crippen LogP contribution < -0.4 is 5.63 Å². The maximum atomic E-state index is 12.4. The van der Waals surface area contributed by atoms with E-state index in [0.29, 0.717) is 27.1 Å². The predicted molar refractivity (Wildman–Crippen MR) is 97.3 cm³/mol. The van der Waals surface area contributed by atoms with Crippen LogP contribution in [-0.4, -0.2) is 5.97 Å². The number of fused-ring (bicyclic) bond motifs is 1. The molecule has 0 radical (unpaired) electrons. The van der Waals surface area contributed by atoms with Crippen molar-refractivity contribution in [3.05, 3.63) is 79.7 Å². The normalized spacial score (nSPS) is 10.9. The van der Waals surface area contributed by atoms with Gasteiger partial charge in [0.15, 0.2) is 0 Å². The highest BCUT2D eigenvalue weighted by Crippen LogP contribution is 2.26. The number of ether oxygens (including phenoxy) is 1. The number of esters is 1. The van der Waals surface area contributed by atoms with E-state index in [1.54, 1.807) is 18.2 Å². The van der Waals surface area contributed by atoms with E-state index >= 15 is 0 Å². The van der Waals surface area contributed by atoms with E-state index in [1.165, 1.54) is 6.07 Å². The topological polar surface area (TPSA) is 56.5 Å². The van der Waals surface area contributed by atoms with E-state index < -0.39 is 11.6 Å². The Morgan fingerprint density at radius 1 is 1.12 bits per heavy atom. The first-order valence-corrected chi connectivity index (χ1v) is 8.21. The van der Waals surface area contributed by atoms with Crippen LogP contribution in [0.25, 0.3) is 11.0 Å². The second-order valence-electron chi connectivity index (χ2n) is 6.01. The van der Waals surface area contributed by atoms with Gasteiger partial charge in [-0.2, -0.15) is 0 Å². The van der Waals surface area contributed by atoms with Crippen LogP contribution in [-0.2, 0) is 11.3 Å². The zero-order valence-corrected chi connectivity index (χ0v) is 14.9. The minimum Gasteiger partial charge on any atom is -0.457 e. The molecule has 0 N–H and O–H groups in total. The van der Waals surface area contributed by atoms with E-state index in [4.69, 9.17) is 20.8 Å². The lowest BCUT2D eigenvalue weighted by molar-refractivity contribution is 0.0473. The molecule has 0 aliphatic rings. The number of halogens is 1. The van der Waals surface area contributed by atoms with Crippen molar-refractivity contribution in [2.75, 3.05) is 0 Å². The van der Waals surface area contributed by atoms with Crippen LogP contribution in [0.5, 0.6) is 0 Å². The highest BCUT2D eigenvalue weighted by Gasteiger charge is 2.14. The third-order valence-electron chi connectivity index (χ3n) is 4.29. The molecular formula is C20H17ClO4. The molecule has 2 aromatic carbocycles. The molecule has 3 rings (SSSR count). The summed E-state index contributed by atoms with van der Waals surface area (Å²) in [6.07, 6.45) is 0. The van der Waals surface area contributed by atoms with Crippen molar-refractivity contribution in [3.63, 3.8) is 0 Å². The van der Waals surface area contributed by atoms with Crippen LogP contribution in [0.1, 0.15) is 32.6 Å². The maximum absolute atomic E-state index is 12.4. The van der Waals surface area contributed by atoms with Crippen LogP contribution in [0.2, 0.25) is 5.02 Å². The van der Waals surface area contributed by atoms with Gasteiger partial charge in [0, 0.05) is 22.0 Å². The molecule has 3 aromatic rings. The van der Waals surface area contributed by atoms with E-state index in [9.17, 15) is 9.59 Å². The van der Waals surface area contributed by atoms with Crippen molar-refractivity contribution >= 4 is 28.5 Å². The minimum atomic E-state index is -0.494. The van der Waals surface area contributed by atoms with E-state index in [1.807, 2.05) is 32.9 Å². The van der Waals surface area contributed by atoms with Crippen molar-refractivity contribution in [1.29, 1.82) is 0 Å². The molecule has 0 atom stereocenters. The molecular weight excluding hydrogens is 340 g/mol. The summed E-state index contributed by atoms with van der Waals surface area (Å²) < 4.78 is 10.6. The molecule has 0 amide bonds. The van der Waals surface area contributed by atoms with Crippen molar-refractivity contribution in [3.8, 4) is 0 Å². The zero-order chi connectivity index (χ0) is 18.1. The Balaban J connectivity index is 1.93. The van der Waals surface area contributed by atoms with Gasteiger partial charge in [-0.15, -0.1) is 0 Å². The summed E-state index contributed by atoms with van der Waals surface area (Å²) in [7, 11) is 0. The summed E-state index contributed by atoms with van der Waals surface area (Å²) >= 11 is 6.17. The number of hydrogen-bond acceptors (Lipinski definition) is 4. The summed E-state index contributed by atoms with van der Waals surface area (Å²) in [5.74, 6) is -0.430. The van der Waals surface area contributed by atoms with Crippen molar-refractivity contribution < 1.29 is 13.9 Å². The lowest BCUT2D eigenvalue weighted by atomic mass is 10.0. The van der Waals surface area contributed by atoms with Gasteiger partial charge in [0.2, 0.25) is 0 Å². The molecule has 5 heteroatoms. The average molecular weight is 357 g/mol. The van der Waals surface area contributed by atoms with Gasteiger partial charge in [0.1, 0.15) is 12.2 Å². The number of rotatable bonds is 3. The minimum absolute atomic E-state index is 0.0340. The summed E-state index contributed by atoms with van der Waals surface area (Å²) in [6, 6.07) is 10.2. The van der Waals surface area contributed by atoms with E-state index in [-0.39, 0.29) is 6.61 Å². The van der Waals surface area contributed by atoms with E-state index in [2.05, 4.69) is 0 Å². The standard InChI is InChI=1S/C20H17ClO4/c1-11-5-4-6-15(13(11)3)20(23)24-10-14-8-19(22)25-18-7-12(2)17(21)9-16(14)18/h4-9H,10H2,1-3H3. The van der Waals surface area contributed by atoms with Crippen LogP contribution >= 0.6 is 11.6 Å². The number of carbonyl (C=O) groups excluding carboxylic acids is 1. The Bertz CT molecular complexity index is 1030. The van der Waals surface area contributed by atoms with Gasteiger partial charge >= 0.3 is 11.6 Å². The van der Waals surface area contributed by atoms with Gasteiger partial charge in [-0.25, -0.2) is 9.59 Å². The molecule has 0 saturated carbocycles. The molecule has 0 aliphatic carbocycles. The molecule has 0 fully saturated rings. The number of benzene rings is 2. The van der Waals surface area contributed by atoms with Gasteiger partial charge in [0.25, 0.3) is 0 Å². The molecule has 0 unspecified atom stereocenters. The smallest absolute Gasteiger partial charge is 0.338 e. The first kappa shape index (κ1) is 17.2. The van der Waals surface area contributed by atoms with Crippen LogP contribution in [0.3, 0.4) is 0 Å². The van der Waals surface area contributed by atoms with E-state index in [0.717, 1.165) is 16.7 Å². The monoisotopic (exact) mass is 356 g/mol. The first-order valence-electron chi connectivity index (χ1n) is 7.83. The molecule has 0 saturated heterocycles. The number of aryl methyl sites for hydroxylation is 2. The van der Waals surface area contributed by atoms with Crippen LogP contribution in [0, 0.1) is 20.8 Å². The molecule has 0 spiro atoms. The Labute approximate surface area is 150 Å². The third-order valence-corrected chi connectivity index (χ3v) is 4.70. The first-order chi connectivity index (χ1) is 11.9. The summed E-state index contributed by atoms with van der Waals surface area (Å²) in [5.41, 5.74) is 3.71. The second-order valence-corrected chi connectivity index (χ2v) is 6.42. The molecule has 25 heavy (non-hydrogen) atoms. The fourth-order valence-corrected chi connectivity index (χ4v) is 2.82. The SMILES string of the molecule is Cc1cc2oc(=O)cc(COC(=O)c3cccc(C)c3C)c2cc1Cl. The Kier molecular flexibility index (Phi) is 4.64. The fraction of sp³-hybridized carbons (Fsp3) is 0.200. The van der Waals surface area contributed by atoms with Gasteiger partial charge < -0.3 is 9.15 Å². The van der Waals surface area contributed by atoms with Crippen molar-refractivity contribution in [1.82, 2.24) is 0 Å². The fourth-order valence-electron chi connectivity index (χ4n) is 2.66. The lowest BCUT2D eigenvalue weighted by Gasteiger charge is -2.10. The third kappa shape index (κ3) is 3.44.